The summed E-state index contributed by atoms with van der Waals surface area (Å²) in [4.78, 5) is 36.9. The Morgan fingerprint density at radius 2 is 1.42 bits per heavy atom. The van der Waals surface area contributed by atoms with Gasteiger partial charge in [0.15, 0.2) is 0 Å². The molecule has 2 aromatic rings. The number of hydrogen-bond donors (Lipinski definition) is 1. The minimum atomic E-state index is -4.87. The molecular formula is C23H17F7N2O5S. The minimum Gasteiger partial charge on any atom is -0.334 e. The number of amides is 4. The van der Waals surface area contributed by atoms with E-state index in [1.165, 1.54) is 0 Å². The second-order valence-electron chi connectivity index (χ2n) is 8.84. The molecule has 0 radical (unpaired) electrons. The summed E-state index contributed by atoms with van der Waals surface area (Å²) < 4.78 is 119. The summed E-state index contributed by atoms with van der Waals surface area (Å²) in [5.74, 6) is -2.46. The molecule has 0 bridgehead atoms. The molecule has 0 saturated heterocycles. The van der Waals surface area contributed by atoms with Gasteiger partial charge in [0.2, 0.25) is 14.8 Å². The van der Waals surface area contributed by atoms with E-state index < -0.39 is 91.1 Å². The molecule has 2 aromatic carbocycles. The number of sulfone groups is 1. The van der Waals surface area contributed by atoms with E-state index in [0.29, 0.717) is 24.3 Å². The number of urea groups is 1. The smallest absolute Gasteiger partial charge is 0.334 e. The molecule has 38 heavy (non-hydrogen) atoms. The normalized spacial score (nSPS) is 22.4. The quantitative estimate of drug-likeness (QED) is 0.411. The molecule has 1 aliphatic carbocycles. The summed E-state index contributed by atoms with van der Waals surface area (Å²) in [6.07, 6.45) is -11.7. The zero-order valence-electron chi connectivity index (χ0n) is 19.0. The Bertz CT molecular complexity index is 1430. The summed E-state index contributed by atoms with van der Waals surface area (Å²) in [7, 11) is -4.87. The number of nitrogens with zero attached hydrogens (tertiary/aromatic N) is 1. The van der Waals surface area contributed by atoms with Crippen LogP contribution < -0.4 is 5.32 Å². The van der Waals surface area contributed by atoms with Crippen molar-refractivity contribution < 1.29 is 53.5 Å². The fourth-order valence-electron chi connectivity index (χ4n) is 4.35. The number of benzene rings is 2. The van der Waals surface area contributed by atoms with Crippen molar-refractivity contribution >= 4 is 27.7 Å². The number of imide groups is 3. The standard InChI is InChI=1S/C23H17F7N2O5S/c24-21(38(36,37)15-3-1-2-12(10-15)22(25,26)27)8-6-14(7-9-21)31-20(35)32-18(33)16-5-4-13(23(28,29)30)11-17(16)19(32)34/h1-5,10-11,14H,6-9H2,(H,31,35)/t14-,21+. The third-order valence-corrected chi connectivity index (χ3v) is 8.68. The molecule has 2 aliphatic rings. The van der Waals surface area contributed by atoms with Gasteiger partial charge in [-0.3, -0.25) is 9.59 Å². The first-order valence-corrected chi connectivity index (χ1v) is 12.5. The summed E-state index contributed by atoms with van der Waals surface area (Å²) in [6, 6.07) is 2.22. The Hall–Kier alpha value is -3.49. The molecule has 4 amide bonds. The van der Waals surface area contributed by atoms with E-state index in [1.807, 2.05) is 0 Å². The van der Waals surface area contributed by atoms with Gasteiger partial charge in [-0.15, -0.1) is 0 Å². The van der Waals surface area contributed by atoms with Crippen molar-refractivity contribution in [2.45, 2.75) is 54.0 Å². The summed E-state index contributed by atoms with van der Waals surface area (Å²) in [5.41, 5.74) is -3.52. The molecule has 1 fully saturated rings. The largest absolute Gasteiger partial charge is 0.416 e. The van der Waals surface area contributed by atoms with Crippen LogP contribution in [0.4, 0.5) is 35.5 Å². The maximum Gasteiger partial charge on any atom is 0.416 e. The van der Waals surface area contributed by atoms with Crippen LogP contribution in [-0.2, 0) is 22.2 Å². The fraction of sp³-hybridized carbons (Fsp3) is 0.348. The number of carbonyl (C=O) groups excluding carboxylic acids is 3. The van der Waals surface area contributed by atoms with Crippen LogP contribution in [0.25, 0.3) is 0 Å². The number of rotatable bonds is 3. The molecule has 0 unspecified atom stereocenters. The Morgan fingerprint density at radius 3 is 2.00 bits per heavy atom. The van der Waals surface area contributed by atoms with Crippen molar-refractivity contribution in [1.82, 2.24) is 10.2 Å². The van der Waals surface area contributed by atoms with Crippen LogP contribution in [0, 0.1) is 0 Å². The van der Waals surface area contributed by atoms with Crippen molar-refractivity contribution in [3.05, 3.63) is 64.7 Å². The molecule has 4 rings (SSSR count). The van der Waals surface area contributed by atoms with Gasteiger partial charge in [-0.05, 0) is 62.1 Å². The van der Waals surface area contributed by atoms with Crippen LogP contribution in [0.15, 0.2) is 47.4 Å². The second kappa shape index (κ2) is 9.06. The van der Waals surface area contributed by atoms with E-state index in [4.69, 9.17) is 0 Å². The highest BCUT2D eigenvalue weighted by molar-refractivity contribution is 7.92. The number of fused-ring (bicyclic) bond motifs is 1. The lowest BCUT2D eigenvalue weighted by molar-refractivity contribution is -0.138. The fourth-order valence-corrected chi connectivity index (χ4v) is 6.09. The van der Waals surface area contributed by atoms with Gasteiger partial charge in [-0.1, -0.05) is 6.07 Å². The SMILES string of the molecule is O=C(N[C@H]1CC[C@@](F)(S(=O)(=O)c2cccc(C(F)(F)F)c2)CC1)N1C(=O)c2ccc(C(F)(F)F)cc2C1=O. The van der Waals surface area contributed by atoms with E-state index in [9.17, 15) is 49.1 Å². The van der Waals surface area contributed by atoms with E-state index in [1.54, 1.807) is 0 Å². The van der Waals surface area contributed by atoms with Crippen molar-refractivity contribution in [2.24, 2.45) is 0 Å². The molecule has 204 valence electrons. The first-order valence-electron chi connectivity index (χ1n) is 11.0. The van der Waals surface area contributed by atoms with Crippen molar-refractivity contribution in [3.63, 3.8) is 0 Å². The van der Waals surface area contributed by atoms with Gasteiger partial charge in [-0.25, -0.2) is 17.6 Å². The highest BCUT2D eigenvalue weighted by Gasteiger charge is 2.49. The first kappa shape index (κ1) is 27.5. The molecule has 0 aromatic heterocycles. The van der Waals surface area contributed by atoms with Gasteiger partial charge in [0.1, 0.15) is 0 Å². The summed E-state index contributed by atoms with van der Waals surface area (Å²) in [6.45, 7) is 0. The number of halogens is 7. The molecule has 1 saturated carbocycles. The molecule has 0 atom stereocenters. The lowest BCUT2D eigenvalue weighted by Crippen LogP contribution is -2.50. The molecule has 7 nitrogen and oxygen atoms in total. The monoisotopic (exact) mass is 566 g/mol. The maximum absolute atomic E-state index is 15.5. The van der Waals surface area contributed by atoms with Gasteiger partial charge < -0.3 is 5.32 Å². The molecule has 15 heteroatoms. The topological polar surface area (TPSA) is 101 Å². The number of nitrogens with one attached hydrogen (secondary N) is 1. The average molecular weight is 566 g/mol. The summed E-state index contributed by atoms with van der Waals surface area (Å²) in [5, 5.41) is -0.670. The predicted octanol–water partition coefficient (Wildman–Crippen LogP) is 5.11. The number of carbonyl (C=O) groups is 3. The van der Waals surface area contributed by atoms with Crippen LogP contribution in [-0.4, -0.2) is 42.2 Å². The van der Waals surface area contributed by atoms with E-state index >= 15 is 4.39 Å². The van der Waals surface area contributed by atoms with Crippen LogP contribution in [0.1, 0.15) is 57.5 Å². The van der Waals surface area contributed by atoms with Crippen molar-refractivity contribution in [1.29, 1.82) is 0 Å². The Balaban J connectivity index is 1.45. The zero-order chi connectivity index (χ0) is 28.3. The van der Waals surface area contributed by atoms with Gasteiger partial charge in [-0.2, -0.15) is 31.2 Å². The number of hydrogen-bond acceptors (Lipinski definition) is 5. The minimum absolute atomic E-state index is 0.0987. The summed E-state index contributed by atoms with van der Waals surface area (Å²) >= 11 is 0. The molecule has 1 N–H and O–H groups in total. The Morgan fingerprint density at radius 1 is 0.868 bits per heavy atom. The molecular weight excluding hydrogens is 549 g/mol. The average Bonchev–Trinajstić information content (AvgIpc) is 3.09. The second-order valence-corrected chi connectivity index (χ2v) is 11.0. The molecule has 0 spiro atoms. The molecule has 1 aliphatic heterocycles. The zero-order valence-corrected chi connectivity index (χ0v) is 19.8. The predicted molar refractivity (Wildman–Crippen MR) is 115 cm³/mol. The van der Waals surface area contributed by atoms with Gasteiger partial charge in [0.05, 0.1) is 27.1 Å². The van der Waals surface area contributed by atoms with Gasteiger partial charge in [0.25, 0.3) is 11.8 Å². The number of alkyl halides is 7. The molecule has 1 heterocycles. The lowest BCUT2D eigenvalue weighted by atomic mass is 9.93. The van der Waals surface area contributed by atoms with Gasteiger partial charge in [0, 0.05) is 6.04 Å². The first-order chi connectivity index (χ1) is 17.5. The van der Waals surface area contributed by atoms with Crippen molar-refractivity contribution in [2.75, 3.05) is 0 Å². The van der Waals surface area contributed by atoms with Crippen molar-refractivity contribution in [3.8, 4) is 0 Å². The lowest BCUT2D eigenvalue weighted by Gasteiger charge is -2.34. The highest BCUT2D eigenvalue weighted by atomic mass is 32.2. The van der Waals surface area contributed by atoms with E-state index in [2.05, 4.69) is 5.32 Å². The third kappa shape index (κ3) is 4.74. The van der Waals surface area contributed by atoms with Gasteiger partial charge >= 0.3 is 18.4 Å². The van der Waals surface area contributed by atoms with Crippen LogP contribution in [0.5, 0.6) is 0 Å². The van der Waals surface area contributed by atoms with Crippen LogP contribution in [0.2, 0.25) is 0 Å². The Kier molecular flexibility index (Phi) is 6.57. The highest BCUT2D eigenvalue weighted by Crippen LogP contribution is 2.42. The third-order valence-electron chi connectivity index (χ3n) is 6.43. The van der Waals surface area contributed by atoms with E-state index in [-0.39, 0.29) is 17.7 Å². The van der Waals surface area contributed by atoms with E-state index in [0.717, 1.165) is 18.2 Å². The Labute approximate surface area is 210 Å². The maximum atomic E-state index is 15.5. The van der Waals surface area contributed by atoms with Crippen LogP contribution >= 0.6 is 0 Å². The van der Waals surface area contributed by atoms with Crippen LogP contribution in [0.3, 0.4) is 0 Å².